The van der Waals surface area contributed by atoms with E-state index in [9.17, 15) is 4.39 Å². The summed E-state index contributed by atoms with van der Waals surface area (Å²) < 4.78 is 19.0. The van der Waals surface area contributed by atoms with E-state index in [-0.39, 0.29) is 18.4 Å². The average molecular weight is 250 g/mol. The quantitative estimate of drug-likeness (QED) is 0.897. The van der Waals surface area contributed by atoms with Crippen LogP contribution in [0.3, 0.4) is 0 Å². The molecule has 1 heterocycles. The Balaban J connectivity index is 2.23. The zero-order valence-electron chi connectivity index (χ0n) is 10.3. The van der Waals surface area contributed by atoms with Gasteiger partial charge in [-0.25, -0.2) is 4.39 Å². The van der Waals surface area contributed by atoms with Crippen LogP contribution in [-0.4, -0.2) is 17.2 Å². The van der Waals surface area contributed by atoms with Gasteiger partial charge in [0.25, 0.3) is 0 Å². The number of nitrogens with two attached hydrogens (primary N) is 1. The van der Waals surface area contributed by atoms with E-state index >= 15 is 0 Å². The van der Waals surface area contributed by atoms with Crippen molar-refractivity contribution >= 4 is 6.01 Å². The fourth-order valence-corrected chi connectivity index (χ4v) is 1.66. The van der Waals surface area contributed by atoms with E-state index in [1.807, 2.05) is 6.92 Å². The van der Waals surface area contributed by atoms with Crippen molar-refractivity contribution in [2.24, 2.45) is 5.73 Å². The molecule has 2 N–H and O–H groups in total. The molecule has 0 saturated carbocycles. The third kappa shape index (κ3) is 2.33. The molecular weight excluding hydrogens is 235 g/mol. The van der Waals surface area contributed by atoms with Crippen LogP contribution in [0.25, 0.3) is 0 Å². The SMILES string of the molecule is CC(c1ccccc1F)N(C)c1nnc(CN)o1. The Hall–Kier alpha value is -1.95. The monoisotopic (exact) mass is 250 g/mol. The van der Waals surface area contributed by atoms with Gasteiger partial charge in [-0.05, 0) is 13.0 Å². The fourth-order valence-electron chi connectivity index (χ4n) is 1.66. The van der Waals surface area contributed by atoms with Crippen LogP contribution in [0, 0.1) is 5.82 Å². The first-order valence-corrected chi connectivity index (χ1v) is 5.63. The first-order valence-electron chi connectivity index (χ1n) is 5.63. The number of rotatable bonds is 4. The lowest BCUT2D eigenvalue weighted by Crippen LogP contribution is -2.22. The summed E-state index contributed by atoms with van der Waals surface area (Å²) in [6, 6.07) is 6.73. The highest BCUT2D eigenvalue weighted by Gasteiger charge is 2.19. The maximum atomic E-state index is 13.7. The molecule has 96 valence electrons. The van der Waals surface area contributed by atoms with Crippen molar-refractivity contribution in [2.75, 3.05) is 11.9 Å². The number of anilines is 1. The lowest BCUT2D eigenvalue weighted by molar-refractivity contribution is 0.476. The molecule has 2 aromatic rings. The molecule has 0 radical (unpaired) electrons. The van der Waals surface area contributed by atoms with Gasteiger partial charge in [0.05, 0.1) is 12.6 Å². The molecule has 0 aliphatic heterocycles. The van der Waals surface area contributed by atoms with E-state index in [0.717, 1.165) is 0 Å². The highest BCUT2D eigenvalue weighted by molar-refractivity contribution is 5.32. The van der Waals surface area contributed by atoms with Crippen molar-refractivity contribution < 1.29 is 8.81 Å². The second-order valence-corrected chi connectivity index (χ2v) is 3.99. The summed E-state index contributed by atoms with van der Waals surface area (Å²) in [7, 11) is 1.77. The zero-order chi connectivity index (χ0) is 13.1. The Morgan fingerprint density at radius 1 is 1.39 bits per heavy atom. The Labute approximate surface area is 104 Å². The van der Waals surface area contributed by atoms with Gasteiger partial charge in [0.15, 0.2) is 0 Å². The molecule has 1 aromatic heterocycles. The number of hydrogen-bond donors (Lipinski definition) is 1. The lowest BCUT2D eigenvalue weighted by atomic mass is 10.1. The molecule has 0 fully saturated rings. The molecule has 18 heavy (non-hydrogen) atoms. The van der Waals surface area contributed by atoms with E-state index < -0.39 is 0 Å². The third-order valence-corrected chi connectivity index (χ3v) is 2.87. The summed E-state index contributed by atoms with van der Waals surface area (Å²) in [5.74, 6) is 0.105. The Bertz CT molecular complexity index is 528. The second kappa shape index (κ2) is 5.14. The normalized spacial score (nSPS) is 12.4. The number of nitrogens with zero attached hydrogens (tertiary/aromatic N) is 3. The van der Waals surface area contributed by atoms with Crippen molar-refractivity contribution in [1.82, 2.24) is 10.2 Å². The summed E-state index contributed by atoms with van der Waals surface area (Å²) >= 11 is 0. The van der Waals surface area contributed by atoms with E-state index in [1.165, 1.54) is 6.07 Å². The maximum Gasteiger partial charge on any atom is 0.318 e. The minimum absolute atomic E-state index is 0.189. The van der Waals surface area contributed by atoms with E-state index in [0.29, 0.717) is 17.5 Å². The zero-order valence-corrected chi connectivity index (χ0v) is 10.3. The smallest absolute Gasteiger partial charge is 0.318 e. The van der Waals surface area contributed by atoms with Crippen LogP contribution in [0.15, 0.2) is 28.7 Å². The van der Waals surface area contributed by atoms with Crippen LogP contribution < -0.4 is 10.6 Å². The number of halogens is 1. The number of benzene rings is 1. The minimum Gasteiger partial charge on any atom is -0.407 e. The van der Waals surface area contributed by atoms with Gasteiger partial charge in [-0.3, -0.25) is 0 Å². The standard InChI is InChI=1S/C12H15FN4O/c1-8(9-5-3-4-6-10(9)13)17(2)12-16-15-11(7-14)18-12/h3-6,8H,7,14H2,1-2H3. The first-order chi connectivity index (χ1) is 8.63. The summed E-state index contributed by atoms with van der Waals surface area (Å²) in [6.07, 6.45) is 0. The summed E-state index contributed by atoms with van der Waals surface area (Å²) in [4.78, 5) is 1.71. The van der Waals surface area contributed by atoms with Crippen molar-refractivity contribution in [3.8, 4) is 0 Å². The largest absolute Gasteiger partial charge is 0.407 e. The summed E-state index contributed by atoms with van der Waals surface area (Å²) in [5, 5.41) is 7.65. The molecule has 0 aliphatic rings. The van der Waals surface area contributed by atoms with Crippen LogP contribution in [-0.2, 0) is 6.54 Å². The van der Waals surface area contributed by atoms with Crippen LogP contribution in [0.5, 0.6) is 0 Å². The number of hydrogen-bond acceptors (Lipinski definition) is 5. The average Bonchev–Trinajstić information content (AvgIpc) is 2.86. The predicted octanol–water partition coefficient (Wildman–Crippen LogP) is 1.86. The Morgan fingerprint density at radius 2 is 2.11 bits per heavy atom. The molecule has 1 unspecified atom stereocenters. The van der Waals surface area contributed by atoms with Gasteiger partial charge in [0.2, 0.25) is 5.89 Å². The highest BCUT2D eigenvalue weighted by atomic mass is 19.1. The molecule has 0 aliphatic carbocycles. The summed E-state index contributed by atoms with van der Waals surface area (Å²) in [5.41, 5.74) is 5.98. The molecule has 0 spiro atoms. The molecule has 0 bridgehead atoms. The first kappa shape index (κ1) is 12.5. The molecule has 5 nitrogen and oxygen atoms in total. The summed E-state index contributed by atoms with van der Waals surface area (Å²) in [6.45, 7) is 2.06. The van der Waals surface area contributed by atoms with Gasteiger partial charge < -0.3 is 15.1 Å². The number of aromatic nitrogens is 2. The van der Waals surface area contributed by atoms with Crippen LogP contribution in [0.1, 0.15) is 24.4 Å². The van der Waals surface area contributed by atoms with Crippen molar-refractivity contribution in [3.05, 3.63) is 41.5 Å². The Morgan fingerprint density at radius 3 is 2.72 bits per heavy atom. The van der Waals surface area contributed by atoms with Gasteiger partial charge in [-0.15, -0.1) is 5.10 Å². The second-order valence-electron chi connectivity index (χ2n) is 3.99. The molecule has 1 aromatic carbocycles. The maximum absolute atomic E-state index is 13.7. The predicted molar refractivity (Wildman–Crippen MR) is 65.4 cm³/mol. The van der Waals surface area contributed by atoms with Crippen molar-refractivity contribution in [2.45, 2.75) is 19.5 Å². The molecule has 0 saturated heterocycles. The molecule has 1 atom stereocenters. The van der Waals surface area contributed by atoms with Crippen LogP contribution in [0.4, 0.5) is 10.4 Å². The van der Waals surface area contributed by atoms with Crippen molar-refractivity contribution in [1.29, 1.82) is 0 Å². The van der Waals surface area contributed by atoms with Gasteiger partial charge in [0, 0.05) is 12.6 Å². The molecule has 2 rings (SSSR count). The molecule has 0 amide bonds. The van der Waals surface area contributed by atoms with Crippen molar-refractivity contribution in [3.63, 3.8) is 0 Å². The van der Waals surface area contributed by atoms with Gasteiger partial charge >= 0.3 is 6.01 Å². The minimum atomic E-state index is -0.254. The van der Waals surface area contributed by atoms with Crippen LogP contribution in [0.2, 0.25) is 0 Å². The third-order valence-electron chi connectivity index (χ3n) is 2.87. The van der Waals surface area contributed by atoms with Gasteiger partial charge in [-0.2, -0.15) is 0 Å². The topological polar surface area (TPSA) is 68.2 Å². The van der Waals surface area contributed by atoms with E-state index in [2.05, 4.69) is 10.2 Å². The Kier molecular flexibility index (Phi) is 3.57. The molecular formula is C12H15FN4O. The fraction of sp³-hybridized carbons (Fsp3) is 0.333. The molecule has 6 heteroatoms. The van der Waals surface area contributed by atoms with E-state index in [1.54, 1.807) is 30.1 Å². The van der Waals surface area contributed by atoms with E-state index in [4.69, 9.17) is 10.2 Å². The van der Waals surface area contributed by atoms with Crippen LogP contribution >= 0.6 is 0 Å². The highest BCUT2D eigenvalue weighted by Crippen LogP contribution is 2.25. The lowest BCUT2D eigenvalue weighted by Gasteiger charge is -2.23. The van der Waals surface area contributed by atoms with Gasteiger partial charge in [0.1, 0.15) is 5.82 Å². The van der Waals surface area contributed by atoms with Gasteiger partial charge in [-0.1, -0.05) is 23.3 Å².